The van der Waals surface area contributed by atoms with Crippen LogP contribution in [0.2, 0.25) is 0 Å². The lowest BCUT2D eigenvalue weighted by Crippen LogP contribution is -2.57. The van der Waals surface area contributed by atoms with Gasteiger partial charge in [0.1, 0.15) is 5.75 Å². The second kappa shape index (κ2) is 7.30. The van der Waals surface area contributed by atoms with Gasteiger partial charge in [-0.2, -0.15) is 5.10 Å². The van der Waals surface area contributed by atoms with E-state index < -0.39 is 5.72 Å². The first-order chi connectivity index (χ1) is 16.8. The average molecular weight is 464 g/mol. The Balaban J connectivity index is 1.42. The van der Waals surface area contributed by atoms with Crippen molar-refractivity contribution in [3.05, 3.63) is 118 Å². The summed E-state index contributed by atoms with van der Waals surface area (Å²) in [7, 11) is 0. The van der Waals surface area contributed by atoms with Crippen molar-refractivity contribution in [2.24, 2.45) is 5.10 Å². The van der Waals surface area contributed by atoms with Crippen LogP contribution in [0, 0.1) is 0 Å². The minimum absolute atomic E-state index is 0.0734. The Kier molecular flexibility index (Phi) is 4.20. The van der Waals surface area contributed by atoms with Gasteiger partial charge in [0, 0.05) is 12.0 Å². The number of hydrogen-bond acceptors (Lipinski definition) is 5. The molecule has 0 saturated carbocycles. The topological polar surface area (TPSA) is 45.1 Å². The Morgan fingerprint density at radius 1 is 0.941 bits per heavy atom. The van der Waals surface area contributed by atoms with Crippen LogP contribution in [0.5, 0.6) is 5.75 Å². The molecule has 0 saturated heterocycles. The highest BCUT2D eigenvalue weighted by molar-refractivity contribution is 7.12. The molecular weight excluding hydrogens is 442 g/mol. The van der Waals surface area contributed by atoms with Gasteiger partial charge in [0.2, 0.25) is 0 Å². The van der Waals surface area contributed by atoms with Crippen LogP contribution in [0.15, 0.2) is 101 Å². The van der Waals surface area contributed by atoms with Gasteiger partial charge in [0.25, 0.3) is 5.91 Å². The zero-order chi connectivity index (χ0) is 22.7. The number of benzene rings is 3. The number of carbonyl (C=O) groups is 1. The van der Waals surface area contributed by atoms with E-state index in [4.69, 9.17) is 9.84 Å². The van der Waals surface area contributed by atoms with Gasteiger partial charge in [-0.15, -0.1) is 11.3 Å². The molecule has 2 atom stereocenters. The first kappa shape index (κ1) is 19.6. The molecule has 1 spiro atoms. The third kappa shape index (κ3) is 2.66. The molecule has 5 nitrogen and oxygen atoms in total. The summed E-state index contributed by atoms with van der Waals surface area (Å²) in [4.78, 5) is 17.4. The van der Waals surface area contributed by atoms with Gasteiger partial charge < -0.3 is 9.64 Å². The summed E-state index contributed by atoms with van der Waals surface area (Å²) in [6, 6.07) is 30.1. The number of nitrogens with zero attached hydrogens (tertiary/aromatic N) is 3. The summed E-state index contributed by atoms with van der Waals surface area (Å²) < 4.78 is 6.70. The van der Waals surface area contributed by atoms with Gasteiger partial charge in [-0.1, -0.05) is 72.8 Å². The van der Waals surface area contributed by atoms with Crippen molar-refractivity contribution < 1.29 is 9.53 Å². The Morgan fingerprint density at radius 3 is 2.59 bits per heavy atom. The number of hydrogen-bond donors (Lipinski definition) is 0. The summed E-state index contributed by atoms with van der Waals surface area (Å²) >= 11 is 1.67. The van der Waals surface area contributed by atoms with E-state index in [2.05, 4.69) is 17.5 Å². The molecule has 7 rings (SSSR count). The molecule has 3 aromatic carbocycles. The van der Waals surface area contributed by atoms with Crippen LogP contribution in [0.1, 0.15) is 34.0 Å². The Morgan fingerprint density at radius 2 is 1.74 bits per heavy atom. The van der Waals surface area contributed by atoms with Crippen LogP contribution in [-0.4, -0.2) is 16.6 Å². The number of rotatable bonds is 3. The van der Waals surface area contributed by atoms with E-state index in [1.54, 1.807) is 11.3 Å². The highest BCUT2D eigenvalue weighted by atomic mass is 32.1. The molecule has 1 amide bonds. The van der Waals surface area contributed by atoms with Crippen molar-refractivity contribution >= 4 is 28.6 Å². The molecule has 4 aromatic rings. The van der Waals surface area contributed by atoms with Gasteiger partial charge in [0.15, 0.2) is 0 Å². The molecule has 0 fully saturated rings. The predicted octanol–water partition coefficient (Wildman–Crippen LogP) is 5.69. The molecule has 0 radical (unpaired) electrons. The van der Waals surface area contributed by atoms with Crippen molar-refractivity contribution in [2.75, 3.05) is 4.90 Å². The van der Waals surface area contributed by atoms with Gasteiger partial charge in [-0.25, -0.2) is 5.01 Å². The molecule has 0 N–H and O–H groups in total. The van der Waals surface area contributed by atoms with E-state index in [9.17, 15) is 4.79 Å². The van der Waals surface area contributed by atoms with Crippen LogP contribution in [0.3, 0.4) is 0 Å². The predicted molar refractivity (Wildman–Crippen MR) is 133 cm³/mol. The van der Waals surface area contributed by atoms with Crippen LogP contribution in [0.25, 0.3) is 0 Å². The van der Waals surface area contributed by atoms with Gasteiger partial charge >= 0.3 is 5.72 Å². The fraction of sp³-hybridized carbons (Fsp3) is 0.143. The van der Waals surface area contributed by atoms with Crippen molar-refractivity contribution in [2.45, 2.75) is 24.7 Å². The summed E-state index contributed by atoms with van der Waals surface area (Å²) in [5, 5.41) is 9.05. The van der Waals surface area contributed by atoms with E-state index in [0.29, 0.717) is 6.54 Å². The van der Waals surface area contributed by atoms with E-state index >= 15 is 0 Å². The number of para-hydroxylation sites is 2. The number of fused-ring (bicyclic) bond motifs is 6. The van der Waals surface area contributed by atoms with Crippen molar-refractivity contribution in [1.29, 1.82) is 0 Å². The van der Waals surface area contributed by atoms with Gasteiger partial charge in [-0.3, -0.25) is 4.79 Å². The number of hydrazone groups is 1. The van der Waals surface area contributed by atoms with Gasteiger partial charge in [-0.05, 0) is 29.1 Å². The molecule has 0 aliphatic carbocycles. The molecule has 166 valence electrons. The lowest BCUT2D eigenvalue weighted by Gasteiger charge is -2.44. The largest absolute Gasteiger partial charge is 0.453 e. The molecule has 0 unspecified atom stereocenters. The average Bonchev–Trinajstić information content (AvgIpc) is 3.61. The molecule has 4 heterocycles. The SMILES string of the molecule is O=C1N(Cc2ccccc2)c2ccccc2[C@@]12Oc1ccccc1[C@@H]1CC(c3cccs3)=NN12. The second-order valence-electron chi connectivity index (χ2n) is 8.77. The lowest BCUT2D eigenvalue weighted by atomic mass is 9.93. The Labute approximate surface area is 201 Å². The maximum Gasteiger partial charge on any atom is 0.306 e. The minimum atomic E-state index is -1.33. The Bertz CT molecular complexity index is 1430. The Hall–Kier alpha value is -3.90. The fourth-order valence-electron chi connectivity index (χ4n) is 5.34. The van der Waals surface area contributed by atoms with Crippen LogP contribution in [-0.2, 0) is 17.1 Å². The zero-order valence-electron chi connectivity index (χ0n) is 18.3. The minimum Gasteiger partial charge on any atom is -0.453 e. The summed E-state index contributed by atoms with van der Waals surface area (Å²) in [5.74, 6) is 0.643. The van der Waals surface area contributed by atoms with Crippen LogP contribution in [0.4, 0.5) is 5.69 Å². The van der Waals surface area contributed by atoms with E-state index in [1.807, 2.05) is 88.8 Å². The van der Waals surface area contributed by atoms with Crippen molar-refractivity contribution in [3.8, 4) is 5.75 Å². The number of anilines is 1. The van der Waals surface area contributed by atoms with Crippen LogP contribution >= 0.6 is 11.3 Å². The quantitative estimate of drug-likeness (QED) is 0.392. The van der Waals surface area contributed by atoms with Crippen LogP contribution < -0.4 is 9.64 Å². The second-order valence-corrected chi connectivity index (χ2v) is 9.71. The highest BCUT2D eigenvalue weighted by Crippen LogP contribution is 2.55. The number of amides is 1. The van der Waals surface area contributed by atoms with E-state index in [-0.39, 0.29) is 11.9 Å². The molecule has 6 heteroatoms. The normalized spacial score (nSPS) is 22.3. The number of thiophene rings is 1. The molecular formula is C28H21N3O2S. The molecule has 3 aliphatic rings. The van der Waals surface area contributed by atoms with Crippen molar-refractivity contribution in [1.82, 2.24) is 5.01 Å². The molecule has 34 heavy (non-hydrogen) atoms. The van der Waals surface area contributed by atoms with Gasteiger partial charge in [0.05, 0.1) is 34.4 Å². The number of carbonyl (C=O) groups excluding carboxylic acids is 1. The van der Waals surface area contributed by atoms with E-state index in [1.165, 1.54) is 0 Å². The highest BCUT2D eigenvalue weighted by Gasteiger charge is 2.63. The maximum atomic E-state index is 14.4. The summed E-state index contributed by atoms with van der Waals surface area (Å²) in [6.45, 7) is 0.476. The number of ether oxygens (including phenoxy) is 1. The molecule has 1 aromatic heterocycles. The third-order valence-corrected chi connectivity index (χ3v) is 7.77. The first-order valence-corrected chi connectivity index (χ1v) is 12.3. The zero-order valence-corrected chi connectivity index (χ0v) is 19.1. The molecule has 0 bridgehead atoms. The molecule has 3 aliphatic heterocycles. The van der Waals surface area contributed by atoms with E-state index in [0.717, 1.165) is 45.1 Å². The standard InChI is InChI=1S/C28H21N3O2S/c32-27-28(21-12-5-6-13-23(21)30(27)18-19-9-2-1-3-10-19)31-24(20-11-4-7-14-25(20)33-28)17-22(29-31)26-15-8-16-34-26/h1-16,24H,17-18H2/t24-,28+/m0/s1. The summed E-state index contributed by atoms with van der Waals surface area (Å²) in [5.41, 5.74) is 3.51. The summed E-state index contributed by atoms with van der Waals surface area (Å²) in [6.07, 6.45) is 0.733. The monoisotopic (exact) mass is 463 g/mol. The first-order valence-electron chi connectivity index (χ1n) is 11.4. The maximum absolute atomic E-state index is 14.4. The smallest absolute Gasteiger partial charge is 0.306 e. The fourth-order valence-corrected chi connectivity index (χ4v) is 6.06. The third-order valence-electron chi connectivity index (χ3n) is 6.85. The lowest BCUT2D eigenvalue weighted by molar-refractivity contribution is -0.164. The van der Waals surface area contributed by atoms with Crippen molar-refractivity contribution in [3.63, 3.8) is 0 Å².